The molecular weight excluding hydrogens is 426 g/mol. The number of carboxylic acids is 1. The average Bonchev–Trinajstić information content (AvgIpc) is 3.13. The summed E-state index contributed by atoms with van der Waals surface area (Å²) in [6, 6.07) is 14.8. The van der Waals surface area contributed by atoms with Crippen LogP contribution in [0.3, 0.4) is 0 Å². The lowest BCUT2D eigenvalue weighted by atomic mass is 9.89. The number of carbonyl (C=O) groups is 1. The zero-order valence-electron chi connectivity index (χ0n) is 20.2. The molecule has 6 heteroatoms. The van der Waals surface area contributed by atoms with E-state index >= 15 is 0 Å². The van der Waals surface area contributed by atoms with E-state index in [0.29, 0.717) is 30.5 Å². The van der Waals surface area contributed by atoms with Crippen molar-refractivity contribution in [2.45, 2.75) is 71.9 Å². The van der Waals surface area contributed by atoms with Crippen molar-refractivity contribution >= 4 is 5.97 Å². The normalized spacial score (nSPS) is 14.6. The number of benzene rings is 2. The van der Waals surface area contributed by atoms with Gasteiger partial charge in [-0.05, 0) is 53.9 Å². The number of rotatable bonds is 9. The molecule has 0 bridgehead atoms. The lowest BCUT2D eigenvalue weighted by Crippen LogP contribution is -2.29. The smallest absolute Gasteiger partial charge is 0.346 e. The summed E-state index contributed by atoms with van der Waals surface area (Å²) in [6.07, 6.45) is 7.93. The minimum Gasteiger partial charge on any atom is -0.478 e. The predicted octanol–water partition coefficient (Wildman–Crippen LogP) is 5.63. The highest BCUT2D eigenvalue weighted by Gasteiger charge is 2.19. The summed E-state index contributed by atoms with van der Waals surface area (Å²) < 4.78 is 3.52. The first-order valence-corrected chi connectivity index (χ1v) is 12.5. The van der Waals surface area contributed by atoms with Crippen LogP contribution in [-0.2, 0) is 19.5 Å². The molecule has 1 aromatic heterocycles. The van der Waals surface area contributed by atoms with Crippen LogP contribution in [0.1, 0.15) is 74.1 Å². The van der Waals surface area contributed by atoms with Gasteiger partial charge in [0.2, 0.25) is 0 Å². The second kappa shape index (κ2) is 10.9. The van der Waals surface area contributed by atoms with Gasteiger partial charge < -0.3 is 5.11 Å². The quantitative estimate of drug-likeness (QED) is 0.448. The van der Waals surface area contributed by atoms with E-state index in [-0.39, 0.29) is 11.3 Å². The maximum Gasteiger partial charge on any atom is 0.346 e. The highest BCUT2D eigenvalue weighted by molar-refractivity contribution is 5.95. The minimum absolute atomic E-state index is 0.0235. The molecule has 1 aliphatic rings. The van der Waals surface area contributed by atoms with Crippen LogP contribution in [0.5, 0.6) is 0 Å². The minimum atomic E-state index is -0.939. The van der Waals surface area contributed by atoms with E-state index in [9.17, 15) is 14.7 Å². The van der Waals surface area contributed by atoms with Crippen LogP contribution in [0, 0.1) is 11.8 Å². The third kappa shape index (κ3) is 5.66. The first kappa shape index (κ1) is 24.0. The summed E-state index contributed by atoms with van der Waals surface area (Å²) in [4.78, 5) is 24.9. The number of aryl methyl sites for hydroxylation is 1. The molecule has 34 heavy (non-hydrogen) atoms. The SMILES string of the molecule is CC(C)CCc1nn(CC2CCCCC2)c(=O)n1Cc1ccc(-c2ccccc2C(=O)O)cc1. The van der Waals surface area contributed by atoms with Crippen LogP contribution in [0.15, 0.2) is 53.3 Å². The van der Waals surface area contributed by atoms with Gasteiger partial charge in [-0.1, -0.05) is 75.6 Å². The van der Waals surface area contributed by atoms with Crippen LogP contribution in [0.25, 0.3) is 11.1 Å². The number of carboxylic acid groups (broad SMARTS) is 1. The molecule has 0 atom stereocenters. The molecule has 1 aliphatic carbocycles. The lowest BCUT2D eigenvalue weighted by molar-refractivity contribution is 0.0697. The third-order valence-electron chi connectivity index (χ3n) is 6.86. The Labute approximate surface area is 201 Å². The van der Waals surface area contributed by atoms with Gasteiger partial charge in [-0.3, -0.25) is 4.57 Å². The number of hydrogen-bond acceptors (Lipinski definition) is 3. The topological polar surface area (TPSA) is 77.1 Å². The van der Waals surface area contributed by atoms with Gasteiger partial charge in [0.05, 0.1) is 12.1 Å². The van der Waals surface area contributed by atoms with Gasteiger partial charge in [-0.25, -0.2) is 14.3 Å². The molecule has 0 aliphatic heterocycles. The van der Waals surface area contributed by atoms with Crippen LogP contribution < -0.4 is 5.69 Å². The second-order valence-electron chi connectivity index (χ2n) is 9.95. The number of hydrogen-bond donors (Lipinski definition) is 1. The summed E-state index contributed by atoms with van der Waals surface area (Å²) in [5, 5.41) is 14.3. The zero-order valence-corrected chi connectivity index (χ0v) is 20.2. The fourth-order valence-corrected chi connectivity index (χ4v) is 4.87. The Morgan fingerprint density at radius 3 is 2.44 bits per heavy atom. The van der Waals surface area contributed by atoms with Crippen molar-refractivity contribution < 1.29 is 9.90 Å². The van der Waals surface area contributed by atoms with Crippen molar-refractivity contribution in [3.8, 4) is 11.1 Å². The first-order chi connectivity index (χ1) is 16.4. The summed E-state index contributed by atoms with van der Waals surface area (Å²) in [5.41, 5.74) is 2.80. The summed E-state index contributed by atoms with van der Waals surface area (Å²) in [7, 11) is 0. The Hall–Kier alpha value is -3.15. The molecule has 1 heterocycles. The van der Waals surface area contributed by atoms with Gasteiger partial charge in [0.25, 0.3) is 0 Å². The molecule has 0 radical (unpaired) electrons. The molecule has 0 spiro atoms. The van der Waals surface area contributed by atoms with Crippen LogP contribution in [0.2, 0.25) is 0 Å². The summed E-state index contributed by atoms with van der Waals surface area (Å²) in [5.74, 6) is 1.00. The Bertz CT molecular complexity index is 1170. The summed E-state index contributed by atoms with van der Waals surface area (Å²) >= 11 is 0. The van der Waals surface area contributed by atoms with E-state index < -0.39 is 5.97 Å². The third-order valence-corrected chi connectivity index (χ3v) is 6.86. The molecule has 1 fully saturated rings. The van der Waals surface area contributed by atoms with Crippen LogP contribution >= 0.6 is 0 Å². The Morgan fingerprint density at radius 2 is 1.76 bits per heavy atom. The van der Waals surface area contributed by atoms with Crippen molar-refractivity contribution in [1.29, 1.82) is 0 Å². The molecule has 4 rings (SSSR count). The van der Waals surface area contributed by atoms with E-state index in [0.717, 1.165) is 29.8 Å². The molecular formula is C28H35N3O3. The van der Waals surface area contributed by atoms with E-state index in [1.54, 1.807) is 16.8 Å². The maximum absolute atomic E-state index is 13.3. The molecule has 180 valence electrons. The van der Waals surface area contributed by atoms with Crippen molar-refractivity contribution in [1.82, 2.24) is 14.3 Å². The average molecular weight is 462 g/mol. The fraction of sp³-hybridized carbons (Fsp3) is 0.464. The standard InChI is InChI=1S/C28H35N3O3/c1-20(2)12-17-26-29-31(19-21-8-4-3-5-9-21)28(34)30(26)18-22-13-15-23(16-14-22)24-10-6-7-11-25(24)27(32)33/h6-7,10-11,13-16,20-21H,3-5,8-9,12,17-19H2,1-2H3,(H,32,33). The molecule has 6 nitrogen and oxygen atoms in total. The molecule has 0 saturated heterocycles. The first-order valence-electron chi connectivity index (χ1n) is 12.5. The highest BCUT2D eigenvalue weighted by Crippen LogP contribution is 2.26. The highest BCUT2D eigenvalue weighted by atomic mass is 16.4. The lowest BCUT2D eigenvalue weighted by Gasteiger charge is -2.20. The van der Waals surface area contributed by atoms with Gasteiger partial charge in [0, 0.05) is 13.0 Å². The Balaban J connectivity index is 1.58. The van der Waals surface area contributed by atoms with Crippen LogP contribution in [0.4, 0.5) is 0 Å². The van der Waals surface area contributed by atoms with Crippen molar-refractivity contribution in [3.63, 3.8) is 0 Å². The molecule has 0 unspecified atom stereocenters. The second-order valence-corrected chi connectivity index (χ2v) is 9.95. The molecule has 1 saturated carbocycles. The van der Waals surface area contributed by atoms with E-state index in [4.69, 9.17) is 5.10 Å². The van der Waals surface area contributed by atoms with Gasteiger partial charge >= 0.3 is 11.7 Å². The van der Waals surface area contributed by atoms with E-state index in [1.165, 1.54) is 32.1 Å². The largest absolute Gasteiger partial charge is 0.478 e. The molecule has 1 N–H and O–H groups in total. The predicted molar refractivity (Wildman–Crippen MR) is 134 cm³/mol. The van der Waals surface area contributed by atoms with E-state index in [1.807, 2.05) is 41.0 Å². The monoisotopic (exact) mass is 461 g/mol. The zero-order chi connectivity index (χ0) is 24.1. The number of nitrogens with zero attached hydrogens (tertiary/aromatic N) is 3. The van der Waals surface area contributed by atoms with Gasteiger partial charge in [-0.2, -0.15) is 5.10 Å². The Morgan fingerprint density at radius 1 is 1.06 bits per heavy atom. The fourth-order valence-electron chi connectivity index (χ4n) is 4.87. The van der Waals surface area contributed by atoms with Gasteiger partial charge in [0.15, 0.2) is 0 Å². The van der Waals surface area contributed by atoms with Crippen LogP contribution in [-0.4, -0.2) is 25.4 Å². The van der Waals surface area contributed by atoms with Gasteiger partial charge in [-0.15, -0.1) is 0 Å². The van der Waals surface area contributed by atoms with E-state index in [2.05, 4.69) is 13.8 Å². The molecule has 3 aromatic rings. The molecule has 2 aromatic carbocycles. The number of aromatic nitrogens is 3. The van der Waals surface area contributed by atoms with Crippen molar-refractivity contribution in [2.24, 2.45) is 11.8 Å². The number of aromatic carboxylic acids is 1. The molecule has 0 amide bonds. The summed E-state index contributed by atoms with van der Waals surface area (Å²) in [6.45, 7) is 5.56. The maximum atomic E-state index is 13.3. The van der Waals surface area contributed by atoms with Crippen molar-refractivity contribution in [2.75, 3.05) is 0 Å². The van der Waals surface area contributed by atoms with Gasteiger partial charge in [0.1, 0.15) is 5.82 Å². The van der Waals surface area contributed by atoms with Crippen molar-refractivity contribution in [3.05, 3.63) is 76.0 Å². The Kier molecular flexibility index (Phi) is 7.66.